The molecule has 9 heteroatoms. The van der Waals surface area contributed by atoms with E-state index in [-0.39, 0.29) is 25.4 Å². The number of nitrogens with one attached hydrogen (secondary N) is 2. The van der Waals surface area contributed by atoms with Crippen LogP contribution in [-0.2, 0) is 38.7 Å². The standard InChI is InChI=1S/C30H35N3O6/c31-26(19-22-14-16-25(34)17-15-22)28(35)33-27(29(36)38-20-23-9-3-1-4-10-23)13-7-8-18-32-30(37)39-21-24-11-5-2-6-12-24/h1-6,9-12,14-17,26-27,34H,7-8,13,18-21,31H2,(H,32,37)(H,33,35)/t26-,27-/m0/s1. The monoisotopic (exact) mass is 533 g/mol. The summed E-state index contributed by atoms with van der Waals surface area (Å²) in [5.74, 6) is -0.913. The summed E-state index contributed by atoms with van der Waals surface area (Å²) >= 11 is 0. The number of ether oxygens (including phenoxy) is 2. The first-order chi connectivity index (χ1) is 18.9. The van der Waals surface area contributed by atoms with Crippen LogP contribution in [-0.4, -0.2) is 41.7 Å². The number of aromatic hydroxyl groups is 1. The Morgan fingerprint density at radius 2 is 1.36 bits per heavy atom. The van der Waals surface area contributed by atoms with Gasteiger partial charge in [0.1, 0.15) is 25.0 Å². The number of hydrogen-bond donors (Lipinski definition) is 4. The van der Waals surface area contributed by atoms with E-state index in [2.05, 4.69) is 10.6 Å². The molecule has 0 aliphatic carbocycles. The molecule has 206 valence electrons. The van der Waals surface area contributed by atoms with Crippen LogP contribution in [0.15, 0.2) is 84.9 Å². The van der Waals surface area contributed by atoms with Crippen LogP contribution < -0.4 is 16.4 Å². The summed E-state index contributed by atoms with van der Waals surface area (Å²) in [6.07, 6.45) is 1.14. The Bertz CT molecular complexity index is 1170. The number of benzene rings is 3. The van der Waals surface area contributed by atoms with Gasteiger partial charge in [0, 0.05) is 6.54 Å². The summed E-state index contributed by atoms with van der Waals surface area (Å²) in [7, 11) is 0. The van der Waals surface area contributed by atoms with E-state index in [0.29, 0.717) is 25.8 Å². The summed E-state index contributed by atoms with van der Waals surface area (Å²) in [6.45, 7) is 0.618. The van der Waals surface area contributed by atoms with E-state index in [0.717, 1.165) is 16.7 Å². The van der Waals surface area contributed by atoms with Crippen LogP contribution in [0.4, 0.5) is 4.79 Å². The van der Waals surface area contributed by atoms with Crippen LogP contribution in [0.2, 0.25) is 0 Å². The van der Waals surface area contributed by atoms with Gasteiger partial charge in [-0.1, -0.05) is 72.8 Å². The second-order valence-corrected chi connectivity index (χ2v) is 9.12. The van der Waals surface area contributed by atoms with Crippen molar-refractivity contribution in [3.05, 3.63) is 102 Å². The second kappa shape index (κ2) is 15.8. The number of nitrogens with two attached hydrogens (primary N) is 1. The van der Waals surface area contributed by atoms with E-state index in [1.54, 1.807) is 12.1 Å². The lowest BCUT2D eigenvalue weighted by molar-refractivity contribution is -0.149. The molecule has 0 fully saturated rings. The number of carbonyl (C=O) groups is 3. The van der Waals surface area contributed by atoms with Gasteiger partial charge in [-0.25, -0.2) is 9.59 Å². The maximum atomic E-state index is 12.9. The summed E-state index contributed by atoms with van der Waals surface area (Å²) in [4.78, 5) is 37.6. The zero-order valence-electron chi connectivity index (χ0n) is 21.8. The molecule has 39 heavy (non-hydrogen) atoms. The Morgan fingerprint density at radius 3 is 1.97 bits per heavy atom. The summed E-state index contributed by atoms with van der Waals surface area (Å²) < 4.78 is 10.7. The first kappa shape index (κ1) is 29.2. The maximum Gasteiger partial charge on any atom is 0.407 e. The van der Waals surface area contributed by atoms with E-state index in [1.807, 2.05) is 60.7 Å². The minimum Gasteiger partial charge on any atom is -0.508 e. The van der Waals surface area contributed by atoms with Crippen molar-refractivity contribution in [1.29, 1.82) is 0 Å². The van der Waals surface area contributed by atoms with Crippen LogP contribution in [0.3, 0.4) is 0 Å². The largest absolute Gasteiger partial charge is 0.508 e. The van der Waals surface area contributed by atoms with Crippen molar-refractivity contribution in [2.24, 2.45) is 5.73 Å². The molecule has 0 saturated carbocycles. The molecule has 0 aromatic heterocycles. The second-order valence-electron chi connectivity index (χ2n) is 9.12. The highest BCUT2D eigenvalue weighted by Gasteiger charge is 2.25. The fourth-order valence-corrected chi connectivity index (χ4v) is 3.77. The highest BCUT2D eigenvalue weighted by Crippen LogP contribution is 2.12. The number of phenols is 1. The highest BCUT2D eigenvalue weighted by molar-refractivity contribution is 5.87. The van der Waals surface area contributed by atoms with E-state index >= 15 is 0 Å². The van der Waals surface area contributed by atoms with Crippen molar-refractivity contribution in [2.75, 3.05) is 6.54 Å². The molecule has 3 aromatic carbocycles. The van der Waals surface area contributed by atoms with Gasteiger partial charge in [-0.05, 0) is 54.5 Å². The fraction of sp³-hybridized carbons (Fsp3) is 0.300. The van der Waals surface area contributed by atoms with Gasteiger partial charge in [-0.2, -0.15) is 0 Å². The van der Waals surface area contributed by atoms with Crippen molar-refractivity contribution in [3.63, 3.8) is 0 Å². The Balaban J connectivity index is 1.47. The molecule has 3 rings (SSSR count). The number of phenolic OH excluding ortho intramolecular Hbond substituents is 1. The van der Waals surface area contributed by atoms with Crippen LogP contribution in [0.1, 0.15) is 36.0 Å². The molecule has 3 aromatic rings. The Labute approximate surface area is 228 Å². The van der Waals surface area contributed by atoms with Crippen LogP contribution in [0.25, 0.3) is 0 Å². The number of hydrogen-bond acceptors (Lipinski definition) is 7. The molecule has 5 N–H and O–H groups in total. The number of rotatable bonds is 14. The number of unbranched alkanes of at least 4 members (excludes halogenated alkanes) is 1. The van der Waals surface area contributed by atoms with E-state index in [9.17, 15) is 19.5 Å². The van der Waals surface area contributed by atoms with Gasteiger partial charge < -0.3 is 30.9 Å². The summed E-state index contributed by atoms with van der Waals surface area (Å²) in [5, 5.41) is 14.9. The van der Waals surface area contributed by atoms with Crippen molar-refractivity contribution >= 4 is 18.0 Å². The van der Waals surface area contributed by atoms with Gasteiger partial charge in [0.25, 0.3) is 0 Å². The third-order valence-corrected chi connectivity index (χ3v) is 5.96. The third kappa shape index (κ3) is 10.9. The quantitative estimate of drug-likeness (QED) is 0.183. The van der Waals surface area contributed by atoms with Crippen LogP contribution in [0.5, 0.6) is 5.75 Å². The van der Waals surface area contributed by atoms with Crippen LogP contribution >= 0.6 is 0 Å². The predicted molar refractivity (Wildman–Crippen MR) is 146 cm³/mol. The average Bonchev–Trinajstić information content (AvgIpc) is 2.96. The highest BCUT2D eigenvalue weighted by atomic mass is 16.5. The molecule has 0 unspecified atom stereocenters. The van der Waals surface area contributed by atoms with Crippen molar-refractivity contribution < 1.29 is 29.0 Å². The maximum absolute atomic E-state index is 12.9. The van der Waals surface area contributed by atoms with E-state index < -0.39 is 30.1 Å². The van der Waals surface area contributed by atoms with Gasteiger partial charge in [0.05, 0.1) is 6.04 Å². The molecule has 0 spiro atoms. The van der Waals surface area contributed by atoms with Gasteiger partial charge in [-0.15, -0.1) is 0 Å². The van der Waals surface area contributed by atoms with Gasteiger partial charge in [0.15, 0.2) is 0 Å². The molecule has 0 saturated heterocycles. The Kier molecular flexibility index (Phi) is 11.8. The lowest BCUT2D eigenvalue weighted by atomic mass is 10.0. The van der Waals surface area contributed by atoms with E-state index in [1.165, 1.54) is 12.1 Å². The zero-order chi connectivity index (χ0) is 27.9. The molecule has 2 amide bonds. The van der Waals surface area contributed by atoms with Crippen molar-refractivity contribution in [1.82, 2.24) is 10.6 Å². The number of carbonyl (C=O) groups excluding carboxylic acids is 3. The zero-order valence-corrected chi connectivity index (χ0v) is 21.8. The molecule has 0 bridgehead atoms. The Hall–Kier alpha value is -4.37. The minimum absolute atomic E-state index is 0.0837. The molecular weight excluding hydrogens is 498 g/mol. The fourth-order valence-electron chi connectivity index (χ4n) is 3.77. The van der Waals surface area contributed by atoms with Gasteiger partial charge in [0.2, 0.25) is 5.91 Å². The lowest BCUT2D eigenvalue weighted by Gasteiger charge is -2.20. The van der Waals surface area contributed by atoms with Crippen molar-refractivity contribution in [3.8, 4) is 5.75 Å². The molecule has 0 radical (unpaired) electrons. The molecule has 0 aliphatic rings. The number of amides is 2. The summed E-state index contributed by atoms with van der Waals surface area (Å²) in [5.41, 5.74) is 8.60. The lowest BCUT2D eigenvalue weighted by Crippen LogP contribution is -2.49. The summed E-state index contributed by atoms with van der Waals surface area (Å²) in [6, 6.07) is 23.3. The SMILES string of the molecule is N[C@@H](Cc1ccc(O)cc1)C(=O)N[C@@H](CCCCNC(=O)OCc1ccccc1)C(=O)OCc1ccccc1. The Morgan fingerprint density at radius 1 is 0.769 bits per heavy atom. The topological polar surface area (TPSA) is 140 Å². The minimum atomic E-state index is -0.892. The average molecular weight is 534 g/mol. The first-order valence-corrected chi connectivity index (χ1v) is 12.9. The van der Waals surface area contributed by atoms with Crippen molar-refractivity contribution in [2.45, 2.75) is 51.0 Å². The predicted octanol–water partition coefficient (Wildman–Crippen LogP) is 3.59. The normalized spacial score (nSPS) is 12.1. The van der Waals surface area contributed by atoms with E-state index in [4.69, 9.17) is 15.2 Å². The van der Waals surface area contributed by atoms with Gasteiger partial charge in [-0.3, -0.25) is 4.79 Å². The third-order valence-electron chi connectivity index (χ3n) is 5.96. The first-order valence-electron chi connectivity index (χ1n) is 12.9. The number of alkyl carbamates (subject to hydrolysis) is 1. The smallest absolute Gasteiger partial charge is 0.407 e. The number of esters is 1. The van der Waals surface area contributed by atoms with Crippen LogP contribution in [0, 0.1) is 0 Å². The molecule has 0 heterocycles. The molecule has 0 aliphatic heterocycles. The molecule has 2 atom stereocenters. The molecule has 9 nitrogen and oxygen atoms in total. The molecular formula is C30H35N3O6. The van der Waals surface area contributed by atoms with Gasteiger partial charge >= 0.3 is 12.1 Å².